The highest BCUT2D eigenvalue weighted by Gasteiger charge is 2.69. The predicted molar refractivity (Wildman–Crippen MR) is 145 cm³/mol. The number of phenols is 1. The molecule has 0 spiro atoms. The number of nitrogens with one attached hydrogen (secondary N) is 1. The molecule has 41 heavy (non-hydrogen) atoms. The average Bonchev–Trinajstić information content (AvgIpc) is 2.87. The van der Waals surface area contributed by atoms with E-state index in [0.29, 0.717) is 11.3 Å². The van der Waals surface area contributed by atoms with Crippen LogP contribution in [0.5, 0.6) is 5.75 Å². The number of likely N-dealkylation sites (N-methyl/N-ethyl adjacent to an activating group) is 1. The number of ether oxygens (including phenoxy) is 1. The minimum absolute atomic E-state index is 0.0442. The number of rotatable bonds is 7. The van der Waals surface area contributed by atoms with E-state index in [4.69, 9.17) is 10.5 Å². The van der Waals surface area contributed by atoms with E-state index in [0.717, 1.165) is 0 Å². The third-order valence-corrected chi connectivity index (χ3v) is 8.53. The van der Waals surface area contributed by atoms with E-state index in [1.54, 1.807) is 32.0 Å². The van der Waals surface area contributed by atoms with Gasteiger partial charge in [0.15, 0.2) is 34.7 Å². The first-order chi connectivity index (χ1) is 19.1. The fourth-order valence-corrected chi connectivity index (χ4v) is 6.72. The van der Waals surface area contributed by atoms with Gasteiger partial charge in [0.1, 0.15) is 11.8 Å². The van der Waals surface area contributed by atoms with E-state index in [9.17, 15) is 39.0 Å². The number of hydrogen-bond donors (Lipinski definition) is 4. The first-order valence-corrected chi connectivity index (χ1v) is 13.4. The number of amides is 1. The quantitative estimate of drug-likeness (QED) is 0.182. The van der Waals surface area contributed by atoms with Crippen molar-refractivity contribution < 1.29 is 43.7 Å². The van der Waals surface area contributed by atoms with E-state index in [2.05, 4.69) is 5.32 Å². The van der Waals surface area contributed by atoms with Crippen LogP contribution in [0.25, 0.3) is 0 Å². The first-order valence-electron chi connectivity index (χ1n) is 13.4. The number of phenolic OH excluding ortho intramolecular Hbond substituents is 1. The SMILES string of the molecule is CCOC(=O)C(C)Nc1cc(N(C)C)c2c(c1O)C(=O)C1C(=O)[C@@]3(O)C(=O)C(C(N)=O)C(=O)[C@H](N(C)C)[C@H]3C[C@H]1C2. The maximum atomic E-state index is 14.0. The van der Waals surface area contributed by atoms with Crippen LogP contribution in [0.4, 0.5) is 11.4 Å². The number of primary amides is 1. The smallest absolute Gasteiger partial charge is 0.328 e. The molecule has 13 heteroatoms. The summed E-state index contributed by atoms with van der Waals surface area (Å²) in [6.45, 7) is 3.32. The van der Waals surface area contributed by atoms with Gasteiger partial charge in [0.05, 0.1) is 29.8 Å². The second kappa shape index (κ2) is 10.5. The fraction of sp³-hybridized carbons (Fsp3) is 0.571. The maximum Gasteiger partial charge on any atom is 0.328 e. The van der Waals surface area contributed by atoms with Crippen LogP contribution in [0.1, 0.15) is 36.2 Å². The van der Waals surface area contributed by atoms with Gasteiger partial charge in [-0.15, -0.1) is 0 Å². The van der Waals surface area contributed by atoms with Crippen LogP contribution in [-0.2, 0) is 35.1 Å². The highest BCUT2D eigenvalue weighted by atomic mass is 16.5. The first kappa shape index (κ1) is 30.1. The Bertz CT molecular complexity index is 1360. The number of esters is 1. The van der Waals surface area contributed by atoms with Crippen LogP contribution >= 0.6 is 0 Å². The van der Waals surface area contributed by atoms with Crippen LogP contribution in [0.2, 0.25) is 0 Å². The largest absolute Gasteiger partial charge is 0.505 e. The number of ketones is 4. The van der Waals surface area contributed by atoms with Crippen LogP contribution in [0, 0.1) is 23.7 Å². The molecular formula is C28H36N4O9. The number of fused-ring (bicyclic) bond motifs is 3. The topological polar surface area (TPSA) is 197 Å². The number of carbonyl (C=O) groups excluding carboxylic acids is 6. The summed E-state index contributed by atoms with van der Waals surface area (Å²) in [5, 5.41) is 25.8. The van der Waals surface area contributed by atoms with E-state index < -0.39 is 82.1 Å². The molecule has 2 saturated carbocycles. The van der Waals surface area contributed by atoms with Crippen LogP contribution in [0.15, 0.2) is 6.07 Å². The van der Waals surface area contributed by atoms with Gasteiger partial charge in [0.25, 0.3) is 0 Å². The van der Waals surface area contributed by atoms with Crippen molar-refractivity contribution in [3.63, 3.8) is 0 Å². The zero-order valence-corrected chi connectivity index (χ0v) is 23.9. The summed E-state index contributed by atoms with van der Waals surface area (Å²) in [4.78, 5) is 82.2. The van der Waals surface area contributed by atoms with Crippen molar-refractivity contribution in [2.75, 3.05) is 45.0 Å². The second-order valence-electron chi connectivity index (χ2n) is 11.4. The molecule has 7 atom stereocenters. The molecule has 13 nitrogen and oxygen atoms in total. The van der Waals surface area contributed by atoms with Gasteiger partial charge in [-0.05, 0) is 58.3 Å². The van der Waals surface area contributed by atoms with Crippen molar-refractivity contribution in [1.29, 1.82) is 0 Å². The van der Waals surface area contributed by atoms with Crippen LogP contribution in [-0.4, -0.2) is 103 Å². The highest BCUT2D eigenvalue weighted by molar-refractivity contribution is 6.32. The van der Waals surface area contributed by atoms with E-state index in [1.165, 1.54) is 25.9 Å². The summed E-state index contributed by atoms with van der Waals surface area (Å²) in [5.74, 6) is -11.9. The highest BCUT2D eigenvalue weighted by Crippen LogP contribution is 2.52. The normalized spacial score (nSPS) is 29.8. The Morgan fingerprint density at radius 2 is 1.80 bits per heavy atom. The van der Waals surface area contributed by atoms with Crippen LogP contribution < -0.4 is 16.0 Å². The number of carbonyl (C=O) groups is 6. The Labute approximate surface area is 237 Å². The molecule has 0 saturated heterocycles. The van der Waals surface area contributed by atoms with Crippen molar-refractivity contribution in [1.82, 2.24) is 4.90 Å². The Morgan fingerprint density at radius 3 is 2.34 bits per heavy atom. The number of aliphatic hydroxyl groups is 1. The van der Waals surface area contributed by atoms with Crippen molar-refractivity contribution in [3.8, 4) is 5.75 Å². The number of benzene rings is 1. The molecule has 0 bridgehead atoms. The van der Waals surface area contributed by atoms with Crippen molar-refractivity contribution in [2.24, 2.45) is 29.4 Å². The van der Waals surface area contributed by atoms with Gasteiger partial charge in [-0.3, -0.25) is 28.9 Å². The van der Waals surface area contributed by atoms with Gasteiger partial charge in [-0.1, -0.05) is 0 Å². The Morgan fingerprint density at radius 1 is 1.17 bits per heavy atom. The molecule has 2 fully saturated rings. The molecule has 1 aromatic rings. The van der Waals surface area contributed by atoms with Gasteiger partial charge in [-0.2, -0.15) is 0 Å². The zero-order valence-electron chi connectivity index (χ0n) is 23.9. The third-order valence-electron chi connectivity index (χ3n) is 8.53. The molecule has 4 rings (SSSR count). The molecule has 0 radical (unpaired) electrons. The maximum absolute atomic E-state index is 14.0. The lowest BCUT2D eigenvalue weighted by molar-refractivity contribution is -0.181. The minimum atomic E-state index is -2.80. The lowest BCUT2D eigenvalue weighted by Crippen LogP contribution is -2.74. The van der Waals surface area contributed by atoms with Crippen molar-refractivity contribution >= 4 is 46.4 Å². The Balaban J connectivity index is 1.85. The molecule has 0 heterocycles. The molecule has 0 aliphatic heterocycles. The predicted octanol–water partition coefficient (Wildman–Crippen LogP) is -0.703. The Kier molecular flexibility index (Phi) is 7.74. The number of Topliss-reactive ketones (excluding diaryl/α,β-unsaturated/α-hetero) is 4. The molecule has 0 aromatic heterocycles. The summed E-state index contributed by atoms with van der Waals surface area (Å²) in [6, 6.07) is -0.467. The number of anilines is 2. The zero-order chi connectivity index (χ0) is 30.7. The average molecular weight is 573 g/mol. The minimum Gasteiger partial charge on any atom is -0.505 e. The summed E-state index contributed by atoms with van der Waals surface area (Å²) in [5.41, 5.74) is 3.45. The second-order valence-corrected chi connectivity index (χ2v) is 11.4. The monoisotopic (exact) mass is 572 g/mol. The van der Waals surface area contributed by atoms with E-state index in [1.807, 2.05) is 0 Å². The molecule has 1 amide bonds. The molecular weight excluding hydrogens is 536 g/mol. The molecule has 1 aromatic carbocycles. The van der Waals surface area contributed by atoms with E-state index in [-0.39, 0.29) is 30.7 Å². The van der Waals surface area contributed by atoms with Gasteiger partial charge >= 0.3 is 5.97 Å². The fourth-order valence-electron chi connectivity index (χ4n) is 6.72. The van der Waals surface area contributed by atoms with Crippen molar-refractivity contribution in [3.05, 3.63) is 17.2 Å². The third kappa shape index (κ3) is 4.47. The summed E-state index contributed by atoms with van der Waals surface area (Å²) < 4.78 is 5.02. The number of aromatic hydroxyl groups is 1. The lowest BCUT2D eigenvalue weighted by Gasteiger charge is -2.52. The lowest BCUT2D eigenvalue weighted by atomic mass is 9.52. The molecule has 3 unspecified atom stereocenters. The molecule has 5 N–H and O–H groups in total. The standard InChI is InChI=1S/C28H36N4O9/c1-7-41-27(39)11(2)30-15-10-16(31(3)4)13-8-12-9-14-20(32(5)6)23(35)19(26(29)38)25(37)28(14,40)24(36)17(12)22(34)18(13)21(15)33/h10-12,14,17,19-20,30,33,40H,7-9H2,1-6H3,(H2,29,38)/t11?,12-,14-,17?,19?,20-,28-/m1/s1. The van der Waals surface area contributed by atoms with Crippen LogP contribution in [0.3, 0.4) is 0 Å². The van der Waals surface area contributed by atoms with E-state index >= 15 is 0 Å². The van der Waals surface area contributed by atoms with Gasteiger partial charge in [0, 0.05) is 25.7 Å². The number of nitrogens with zero attached hydrogens (tertiary/aromatic N) is 2. The van der Waals surface area contributed by atoms with Gasteiger partial charge in [-0.25, -0.2) is 4.79 Å². The van der Waals surface area contributed by atoms with Crippen molar-refractivity contribution in [2.45, 2.75) is 44.4 Å². The molecule has 222 valence electrons. The molecule has 3 aliphatic carbocycles. The number of hydrogen-bond acceptors (Lipinski definition) is 12. The number of nitrogens with two attached hydrogens (primary N) is 1. The summed E-state index contributed by atoms with van der Waals surface area (Å²) >= 11 is 0. The summed E-state index contributed by atoms with van der Waals surface area (Å²) in [6.07, 6.45) is 0.0814. The Hall–Kier alpha value is -3.84. The summed E-state index contributed by atoms with van der Waals surface area (Å²) in [7, 11) is 6.53. The van der Waals surface area contributed by atoms with Gasteiger partial charge < -0.3 is 30.9 Å². The van der Waals surface area contributed by atoms with Gasteiger partial charge in [0.2, 0.25) is 5.91 Å². The molecule has 3 aliphatic rings.